The standard InChI is InChI=1S/C27H22ClN3O2S/c1-3-17-8-6-10-18-20(14-29-25(17)18)24(32)15-34-27-30-22-12-5-4-9-19(22)26(33)31(27)23-13-7-11-21(28)16(23)2/h4-14,29H,3,15H2,1-2H3. The van der Waals surface area contributed by atoms with Gasteiger partial charge in [-0.1, -0.05) is 66.7 Å². The molecule has 5 aromatic rings. The van der Waals surface area contributed by atoms with Crippen LogP contribution < -0.4 is 5.56 Å². The van der Waals surface area contributed by atoms with Gasteiger partial charge in [-0.25, -0.2) is 4.98 Å². The van der Waals surface area contributed by atoms with Crippen LogP contribution in [0.5, 0.6) is 0 Å². The van der Waals surface area contributed by atoms with Crippen molar-refractivity contribution in [1.29, 1.82) is 0 Å². The summed E-state index contributed by atoms with van der Waals surface area (Å²) >= 11 is 7.62. The van der Waals surface area contributed by atoms with Crippen LogP contribution in [0, 0.1) is 6.92 Å². The molecule has 34 heavy (non-hydrogen) atoms. The summed E-state index contributed by atoms with van der Waals surface area (Å²) in [5.74, 6) is 0.120. The van der Waals surface area contributed by atoms with Crippen molar-refractivity contribution in [1.82, 2.24) is 14.5 Å². The number of nitrogens with one attached hydrogen (secondary N) is 1. The molecule has 0 saturated carbocycles. The molecule has 3 aromatic carbocycles. The Morgan fingerprint density at radius 1 is 1.06 bits per heavy atom. The predicted molar refractivity (Wildman–Crippen MR) is 140 cm³/mol. The summed E-state index contributed by atoms with van der Waals surface area (Å²) in [6.45, 7) is 3.96. The summed E-state index contributed by atoms with van der Waals surface area (Å²) in [4.78, 5) is 34.7. The molecule has 1 N–H and O–H groups in total. The van der Waals surface area contributed by atoms with Crippen molar-refractivity contribution in [3.05, 3.63) is 98.9 Å². The number of benzene rings is 3. The van der Waals surface area contributed by atoms with Crippen LogP contribution in [0.1, 0.15) is 28.4 Å². The fourth-order valence-electron chi connectivity index (χ4n) is 4.21. The van der Waals surface area contributed by atoms with E-state index >= 15 is 0 Å². The van der Waals surface area contributed by atoms with Crippen LogP contribution in [0.2, 0.25) is 5.02 Å². The minimum atomic E-state index is -0.189. The lowest BCUT2D eigenvalue weighted by Gasteiger charge is -2.15. The molecule has 0 aliphatic rings. The number of rotatable bonds is 6. The van der Waals surface area contributed by atoms with Crippen LogP contribution in [0.4, 0.5) is 0 Å². The Morgan fingerprint density at radius 2 is 1.82 bits per heavy atom. The van der Waals surface area contributed by atoms with Crippen LogP contribution in [0.25, 0.3) is 27.5 Å². The van der Waals surface area contributed by atoms with Gasteiger partial charge in [0.25, 0.3) is 5.56 Å². The van der Waals surface area contributed by atoms with Crippen molar-refractivity contribution in [3.8, 4) is 5.69 Å². The van der Waals surface area contributed by atoms with Crippen molar-refractivity contribution in [2.75, 3.05) is 5.75 Å². The second-order valence-electron chi connectivity index (χ2n) is 8.04. The molecule has 0 radical (unpaired) electrons. The number of halogens is 1. The second kappa shape index (κ2) is 9.12. The molecule has 0 amide bonds. The fraction of sp³-hybridized carbons (Fsp3) is 0.148. The van der Waals surface area contributed by atoms with E-state index < -0.39 is 0 Å². The maximum atomic E-state index is 13.5. The quantitative estimate of drug-likeness (QED) is 0.172. The van der Waals surface area contributed by atoms with Gasteiger partial charge in [-0.15, -0.1) is 0 Å². The lowest BCUT2D eigenvalue weighted by molar-refractivity contribution is 0.102. The van der Waals surface area contributed by atoms with E-state index in [4.69, 9.17) is 16.6 Å². The molecule has 0 bridgehead atoms. The molecule has 0 aliphatic heterocycles. The van der Waals surface area contributed by atoms with Gasteiger partial charge in [-0.2, -0.15) is 0 Å². The molecule has 0 fully saturated rings. The van der Waals surface area contributed by atoms with E-state index in [9.17, 15) is 9.59 Å². The first kappa shape index (κ1) is 22.4. The number of aromatic amines is 1. The SMILES string of the molecule is CCc1cccc2c(C(=O)CSc3nc4ccccc4c(=O)n3-c3cccc(Cl)c3C)c[nH]c12. The molecular weight excluding hydrogens is 466 g/mol. The third kappa shape index (κ3) is 3.83. The van der Waals surface area contributed by atoms with Crippen molar-refractivity contribution in [2.45, 2.75) is 25.4 Å². The lowest BCUT2D eigenvalue weighted by atomic mass is 10.1. The first-order valence-electron chi connectivity index (χ1n) is 11.0. The van der Waals surface area contributed by atoms with E-state index in [0.717, 1.165) is 22.9 Å². The van der Waals surface area contributed by atoms with Gasteiger partial charge >= 0.3 is 0 Å². The number of carbonyl (C=O) groups excluding carboxylic acids is 1. The van der Waals surface area contributed by atoms with Crippen LogP contribution in [0.15, 0.2) is 76.8 Å². The monoisotopic (exact) mass is 487 g/mol. The molecule has 2 aromatic heterocycles. The molecule has 5 nitrogen and oxygen atoms in total. The third-order valence-corrected chi connectivity index (χ3v) is 7.39. The summed E-state index contributed by atoms with van der Waals surface area (Å²) in [7, 11) is 0. The Labute approximate surface area is 205 Å². The molecule has 0 saturated heterocycles. The number of ketones is 1. The van der Waals surface area contributed by atoms with Crippen LogP contribution >= 0.6 is 23.4 Å². The fourth-order valence-corrected chi connectivity index (χ4v) is 5.27. The van der Waals surface area contributed by atoms with Gasteiger partial charge in [-0.05, 0) is 48.7 Å². The Morgan fingerprint density at radius 3 is 2.65 bits per heavy atom. The maximum Gasteiger partial charge on any atom is 0.266 e. The maximum absolute atomic E-state index is 13.5. The highest BCUT2D eigenvalue weighted by molar-refractivity contribution is 7.99. The highest BCUT2D eigenvalue weighted by Gasteiger charge is 2.19. The Bertz CT molecular complexity index is 1620. The van der Waals surface area contributed by atoms with Crippen molar-refractivity contribution in [3.63, 3.8) is 0 Å². The number of hydrogen-bond donors (Lipinski definition) is 1. The largest absolute Gasteiger partial charge is 0.360 e. The zero-order chi connectivity index (χ0) is 23.8. The molecule has 0 aliphatic carbocycles. The summed E-state index contributed by atoms with van der Waals surface area (Å²) in [5.41, 5.74) is 4.65. The van der Waals surface area contributed by atoms with Gasteiger partial charge in [-0.3, -0.25) is 14.2 Å². The number of aryl methyl sites for hydroxylation is 1. The molecule has 0 atom stereocenters. The Kier molecular flexibility index (Phi) is 6.02. The van der Waals surface area contributed by atoms with E-state index in [-0.39, 0.29) is 17.1 Å². The number of hydrogen-bond acceptors (Lipinski definition) is 4. The molecule has 170 valence electrons. The van der Waals surface area contributed by atoms with Gasteiger partial charge < -0.3 is 4.98 Å². The highest BCUT2D eigenvalue weighted by Crippen LogP contribution is 2.28. The van der Waals surface area contributed by atoms with Crippen LogP contribution in [-0.2, 0) is 6.42 Å². The Hall–Kier alpha value is -3.35. The molecular formula is C27H22ClN3O2S. The second-order valence-corrected chi connectivity index (χ2v) is 9.39. The zero-order valence-corrected chi connectivity index (χ0v) is 20.3. The number of nitrogens with zero attached hydrogens (tertiary/aromatic N) is 2. The normalized spacial score (nSPS) is 11.4. The lowest BCUT2D eigenvalue weighted by Crippen LogP contribution is -2.23. The molecule has 7 heteroatoms. The molecule has 2 heterocycles. The van der Waals surface area contributed by atoms with E-state index in [1.807, 2.05) is 49.4 Å². The number of aromatic nitrogens is 3. The number of fused-ring (bicyclic) bond motifs is 2. The number of Topliss-reactive ketones (excluding diaryl/α,β-unsaturated/α-hetero) is 1. The Balaban J connectivity index is 1.57. The van der Waals surface area contributed by atoms with Gasteiger partial charge in [0.1, 0.15) is 0 Å². The van der Waals surface area contributed by atoms with E-state index in [1.54, 1.807) is 22.9 Å². The van der Waals surface area contributed by atoms with E-state index in [0.29, 0.717) is 32.3 Å². The predicted octanol–water partition coefficient (Wildman–Crippen LogP) is 6.37. The van der Waals surface area contributed by atoms with Gasteiger partial charge in [0, 0.05) is 27.7 Å². The smallest absolute Gasteiger partial charge is 0.266 e. The average Bonchev–Trinajstić information content (AvgIpc) is 3.29. The van der Waals surface area contributed by atoms with Gasteiger partial charge in [0.15, 0.2) is 10.9 Å². The number of para-hydroxylation sites is 2. The van der Waals surface area contributed by atoms with Crippen molar-refractivity contribution in [2.24, 2.45) is 0 Å². The van der Waals surface area contributed by atoms with E-state index in [2.05, 4.69) is 18.0 Å². The molecule has 5 rings (SSSR count). The summed E-state index contributed by atoms with van der Waals surface area (Å²) in [5, 5.41) is 2.45. The topological polar surface area (TPSA) is 67.8 Å². The number of thioether (sulfide) groups is 1. The summed E-state index contributed by atoms with van der Waals surface area (Å²) in [6.07, 6.45) is 2.65. The van der Waals surface area contributed by atoms with Crippen molar-refractivity contribution < 1.29 is 4.79 Å². The van der Waals surface area contributed by atoms with Gasteiger partial charge in [0.05, 0.1) is 22.3 Å². The van der Waals surface area contributed by atoms with Crippen LogP contribution in [0.3, 0.4) is 0 Å². The van der Waals surface area contributed by atoms with Crippen LogP contribution in [-0.4, -0.2) is 26.1 Å². The minimum Gasteiger partial charge on any atom is -0.360 e. The minimum absolute atomic E-state index is 0.0266. The van der Waals surface area contributed by atoms with Crippen molar-refractivity contribution >= 4 is 51.0 Å². The highest BCUT2D eigenvalue weighted by atomic mass is 35.5. The number of carbonyl (C=O) groups is 1. The van der Waals surface area contributed by atoms with E-state index in [1.165, 1.54) is 17.3 Å². The third-order valence-electron chi connectivity index (χ3n) is 6.04. The summed E-state index contributed by atoms with van der Waals surface area (Å²) < 4.78 is 1.56. The number of H-pyrrole nitrogens is 1. The first-order valence-corrected chi connectivity index (χ1v) is 12.4. The van der Waals surface area contributed by atoms with Gasteiger partial charge in [0.2, 0.25) is 0 Å². The first-order chi connectivity index (χ1) is 16.5. The summed E-state index contributed by atoms with van der Waals surface area (Å²) in [6, 6.07) is 18.7. The molecule has 0 unspecified atom stereocenters. The zero-order valence-electron chi connectivity index (χ0n) is 18.8. The average molecular weight is 488 g/mol. The molecule has 0 spiro atoms.